The molecule has 27 heavy (non-hydrogen) atoms. The quantitative estimate of drug-likeness (QED) is 0.745. The van der Waals surface area contributed by atoms with Gasteiger partial charge in [0.2, 0.25) is 5.91 Å². The minimum Gasteiger partial charge on any atom is -0.478 e. The van der Waals surface area contributed by atoms with Crippen molar-refractivity contribution in [2.75, 3.05) is 29.9 Å². The van der Waals surface area contributed by atoms with Crippen LogP contribution in [0.2, 0.25) is 0 Å². The Hall–Kier alpha value is -3.55. The summed E-state index contributed by atoms with van der Waals surface area (Å²) in [5.41, 5.74) is 1.48. The molecule has 2 amide bonds. The predicted molar refractivity (Wildman–Crippen MR) is 98.9 cm³/mol. The Morgan fingerprint density at radius 2 is 1.96 bits per heavy atom. The van der Waals surface area contributed by atoms with E-state index >= 15 is 0 Å². The van der Waals surface area contributed by atoms with Crippen molar-refractivity contribution < 1.29 is 24.2 Å². The molecule has 0 aliphatic carbocycles. The summed E-state index contributed by atoms with van der Waals surface area (Å²) >= 11 is 0. The summed E-state index contributed by atoms with van der Waals surface area (Å²) in [4.78, 5) is 36.9. The number of benzene rings is 2. The molecule has 0 unspecified atom stereocenters. The number of amides is 2. The van der Waals surface area contributed by atoms with Crippen LogP contribution in [0.25, 0.3) is 0 Å². The van der Waals surface area contributed by atoms with E-state index in [9.17, 15) is 19.5 Å². The van der Waals surface area contributed by atoms with Crippen LogP contribution < -0.4 is 15.5 Å². The molecule has 0 spiro atoms. The van der Waals surface area contributed by atoms with Crippen LogP contribution in [0.4, 0.5) is 16.2 Å². The Morgan fingerprint density at radius 3 is 2.67 bits per heavy atom. The second kappa shape index (κ2) is 8.22. The van der Waals surface area contributed by atoms with Gasteiger partial charge in [-0.2, -0.15) is 0 Å². The van der Waals surface area contributed by atoms with Gasteiger partial charge in [-0.25, -0.2) is 9.59 Å². The first-order valence-corrected chi connectivity index (χ1v) is 8.39. The molecule has 8 heteroatoms. The van der Waals surface area contributed by atoms with Gasteiger partial charge in [0.15, 0.2) is 0 Å². The minimum absolute atomic E-state index is 0.0739. The SMILES string of the molecule is O=C1CN(c2ccc(NC(=O)OCc3ccccc3)c(C(=O)O)c2)CCN1. The molecule has 0 bridgehead atoms. The summed E-state index contributed by atoms with van der Waals surface area (Å²) in [7, 11) is 0. The van der Waals surface area contributed by atoms with E-state index in [0.717, 1.165) is 5.56 Å². The van der Waals surface area contributed by atoms with Crippen molar-refractivity contribution in [3.05, 3.63) is 59.7 Å². The van der Waals surface area contributed by atoms with Crippen molar-refractivity contribution in [2.45, 2.75) is 6.61 Å². The van der Waals surface area contributed by atoms with E-state index < -0.39 is 12.1 Å². The van der Waals surface area contributed by atoms with Crippen LogP contribution in [0.5, 0.6) is 0 Å². The lowest BCUT2D eigenvalue weighted by Gasteiger charge is -2.29. The maximum atomic E-state index is 12.0. The van der Waals surface area contributed by atoms with Crippen LogP contribution in [-0.4, -0.2) is 42.7 Å². The number of piperazine rings is 1. The van der Waals surface area contributed by atoms with Crippen LogP contribution in [0, 0.1) is 0 Å². The Labute approximate surface area is 155 Å². The van der Waals surface area contributed by atoms with Crippen molar-refractivity contribution in [2.24, 2.45) is 0 Å². The zero-order chi connectivity index (χ0) is 19.2. The number of hydrogen-bond acceptors (Lipinski definition) is 5. The lowest BCUT2D eigenvalue weighted by Crippen LogP contribution is -2.47. The molecule has 1 heterocycles. The van der Waals surface area contributed by atoms with E-state index in [1.54, 1.807) is 11.0 Å². The van der Waals surface area contributed by atoms with E-state index in [-0.39, 0.29) is 30.3 Å². The second-order valence-corrected chi connectivity index (χ2v) is 5.99. The van der Waals surface area contributed by atoms with E-state index in [1.807, 2.05) is 30.3 Å². The molecule has 1 saturated heterocycles. The highest BCUT2D eigenvalue weighted by Crippen LogP contribution is 2.24. The molecule has 2 aromatic carbocycles. The van der Waals surface area contributed by atoms with E-state index in [0.29, 0.717) is 18.8 Å². The molecule has 3 N–H and O–H groups in total. The first-order valence-electron chi connectivity index (χ1n) is 8.39. The molecule has 0 saturated carbocycles. The number of carboxylic acids is 1. The van der Waals surface area contributed by atoms with Crippen LogP contribution in [-0.2, 0) is 16.1 Å². The van der Waals surface area contributed by atoms with Crippen LogP contribution >= 0.6 is 0 Å². The fourth-order valence-corrected chi connectivity index (χ4v) is 2.74. The lowest BCUT2D eigenvalue weighted by atomic mass is 10.1. The Morgan fingerprint density at radius 1 is 1.19 bits per heavy atom. The van der Waals surface area contributed by atoms with Gasteiger partial charge in [0, 0.05) is 18.8 Å². The number of carbonyl (C=O) groups is 3. The normalized spacial score (nSPS) is 13.6. The van der Waals surface area contributed by atoms with Crippen LogP contribution in [0.15, 0.2) is 48.5 Å². The Bertz CT molecular complexity index is 854. The van der Waals surface area contributed by atoms with Crippen LogP contribution in [0.3, 0.4) is 0 Å². The van der Waals surface area contributed by atoms with E-state index in [4.69, 9.17) is 4.74 Å². The molecule has 1 aliphatic heterocycles. The van der Waals surface area contributed by atoms with Gasteiger partial charge < -0.3 is 20.1 Å². The molecule has 0 aromatic heterocycles. The topological polar surface area (TPSA) is 108 Å². The summed E-state index contributed by atoms with van der Waals surface area (Å²) in [6.07, 6.45) is -0.744. The molecule has 8 nitrogen and oxygen atoms in total. The van der Waals surface area contributed by atoms with Crippen molar-refractivity contribution in [3.8, 4) is 0 Å². The number of rotatable bonds is 5. The van der Waals surface area contributed by atoms with Gasteiger partial charge in [0.1, 0.15) is 6.61 Å². The van der Waals surface area contributed by atoms with Crippen molar-refractivity contribution in [3.63, 3.8) is 0 Å². The van der Waals surface area contributed by atoms with Gasteiger partial charge in [-0.3, -0.25) is 10.1 Å². The number of aromatic carboxylic acids is 1. The molecule has 1 aliphatic rings. The molecular weight excluding hydrogens is 350 g/mol. The van der Waals surface area contributed by atoms with Gasteiger partial charge in [0.05, 0.1) is 17.8 Å². The third-order valence-corrected chi connectivity index (χ3v) is 4.09. The summed E-state index contributed by atoms with van der Waals surface area (Å²) in [6, 6.07) is 13.8. The highest BCUT2D eigenvalue weighted by atomic mass is 16.5. The van der Waals surface area contributed by atoms with Crippen molar-refractivity contribution in [1.82, 2.24) is 5.32 Å². The number of hydrogen-bond donors (Lipinski definition) is 3. The van der Waals surface area contributed by atoms with Crippen molar-refractivity contribution in [1.29, 1.82) is 0 Å². The number of nitrogens with zero attached hydrogens (tertiary/aromatic N) is 1. The average molecular weight is 369 g/mol. The summed E-state index contributed by atoms with van der Waals surface area (Å²) < 4.78 is 5.12. The molecular formula is C19H19N3O5. The molecule has 0 radical (unpaired) electrons. The van der Waals surface area contributed by atoms with Gasteiger partial charge in [-0.05, 0) is 23.8 Å². The van der Waals surface area contributed by atoms with E-state index in [1.165, 1.54) is 12.1 Å². The Kier molecular flexibility index (Phi) is 5.55. The second-order valence-electron chi connectivity index (χ2n) is 5.99. The maximum Gasteiger partial charge on any atom is 0.411 e. The average Bonchev–Trinajstić information content (AvgIpc) is 2.67. The smallest absolute Gasteiger partial charge is 0.411 e. The molecule has 3 rings (SSSR count). The van der Waals surface area contributed by atoms with Crippen molar-refractivity contribution >= 4 is 29.3 Å². The maximum absolute atomic E-state index is 12.0. The Balaban J connectivity index is 1.70. The zero-order valence-corrected chi connectivity index (χ0v) is 14.5. The number of carboxylic acid groups (broad SMARTS) is 1. The minimum atomic E-state index is -1.18. The summed E-state index contributed by atoms with van der Waals surface area (Å²) in [5.74, 6) is -1.30. The zero-order valence-electron chi connectivity index (χ0n) is 14.5. The molecule has 2 aromatic rings. The third kappa shape index (κ3) is 4.75. The first kappa shape index (κ1) is 18.2. The van der Waals surface area contributed by atoms with Gasteiger partial charge in [-0.15, -0.1) is 0 Å². The number of nitrogens with one attached hydrogen (secondary N) is 2. The monoisotopic (exact) mass is 369 g/mol. The van der Waals surface area contributed by atoms with Gasteiger partial charge in [-0.1, -0.05) is 30.3 Å². The van der Waals surface area contributed by atoms with Crippen LogP contribution in [0.1, 0.15) is 15.9 Å². The lowest BCUT2D eigenvalue weighted by molar-refractivity contribution is -0.120. The highest BCUT2D eigenvalue weighted by molar-refractivity contribution is 6.00. The fourth-order valence-electron chi connectivity index (χ4n) is 2.74. The number of carbonyl (C=O) groups excluding carboxylic acids is 2. The largest absolute Gasteiger partial charge is 0.478 e. The first-order chi connectivity index (χ1) is 13.0. The van der Waals surface area contributed by atoms with E-state index in [2.05, 4.69) is 10.6 Å². The summed E-state index contributed by atoms with van der Waals surface area (Å²) in [5, 5.41) is 14.6. The van der Waals surface area contributed by atoms with Gasteiger partial charge in [0.25, 0.3) is 0 Å². The molecule has 140 valence electrons. The van der Waals surface area contributed by atoms with Gasteiger partial charge >= 0.3 is 12.1 Å². The number of ether oxygens (including phenoxy) is 1. The number of anilines is 2. The summed E-state index contributed by atoms with van der Waals surface area (Å²) in [6.45, 7) is 1.31. The highest BCUT2D eigenvalue weighted by Gasteiger charge is 2.20. The fraction of sp³-hybridized carbons (Fsp3) is 0.211. The molecule has 1 fully saturated rings. The molecule has 0 atom stereocenters. The third-order valence-electron chi connectivity index (χ3n) is 4.09. The standard InChI is InChI=1S/C19H19N3O5/c23-17-11-22(9-8-20-17)14-6-7-16(15(10-14)18(24)25)21-19(26)27-12-13-4-2-1-3-5-13/h1-7,10H,8-9,11-12H2,(H,20,23)(H,21,26)(H,24,25). The predicted octanol–water partition coefficient (Wildman–Crippen LogP) is 2.07.